The van der Waals surface area contributed by atoms with Gasteiger partial charge in [-0.15, -0.1) is 0 Å². The Kier molecular flexibility index (Phi) is 3.14. The van der Waals surface area contributed by atoms with Gasteiger partial charge in [0.25, 0.3) is 0 Å². The molecule has 0 bridgehead atoms. The lowest BCUT2D eigenvalue weighted by Gasteiger charge is -2.28. The number of nitrogens with zero attached hydrogens (tertiary/aromatic N) is 1. The van der Waals surface area contributed by atoms with Crippen molar-refractivity contribution in [1.82, 2.24) is 4.98 Å². The predicted octanol–water partition coefficient (Wildman–Crippen LogP) is 2.14. The summed E-state index contributed by atoms with van der Waals surface area (Å²) in [5, 5.41) is 0. The highest BCUT2D eigenvalue weighted by atomic mass is 14.7. The molecule has 2 nitrogen and oxygen atoms in total. The van der Waals surface area contributed by atoms with E-state index in [4.69, 9.17) is 5.73 Å². The maximum atomic E-state index is 6.10. The Morgan fingerprint density at radius 3 is 2.86 bits per heavy atom. The van der Waals surface area contributed by atoms with Crippen molar-refractivity contribution in [2.45, 2.75) is 38.1 Å². The summed E-state index contributed by atoms with van der Waals surface area (Å²) in [7, 11) is 0. The number of hydrogen-bond acceptors (Lipinski definition) is 2. The molecule has 0 aliphatic heterocycles. The highest BCUT2D eigenvalue weighted by Gasteiger charge is 2.21. The zero-order valence-electron chi connectivity index (χ0n) is 8.52. The number of nitrogens with two attached hydrogens (primary N) is 1. The van der Waals surface area contributed by atoms with Crippen LogP contribution in [0.1, 0.15) is 31.4 Å². The van der Waals surface area contributed by atoms with Gasteiger partial charge >= 0.3 is 0 Å². The largest absolute Gasteiger partial charge is 0.327 e. The van der Waals surface area contributed by atoms with Gasteiger partial charge in [0.1, 0.15) is 0 Å². The van der Waals surface area contributed by atoms with Gasteiger partial charge < -0.3 is 5.73 Å². The Bertz CT molecular complexity index is 271. The topological polar surface area (TPSA) is 38.9 Å². The minimum Gasteiger partial charge on any atom is -0.327 e. The van der Waals surface area contributed by atoms with E-state index in [1.54, 1.807) is 0 Å². The van der Waals surface area contributed by atoms with Crippen LogP contribution < -0.4 is 5.73 Å². The first-order valence-corrected chi connectivity index (χ1v) is 5.52. The molecule has 0 amide bonds. The van der Waals surface area contributed by atoms with Crippen LogP contribution >= 0.6 is 0 Å². The molecule has 0 radical (unpaired) electrons. The van der Waals surface area contributed by atoms with Gasteiger partial charge in [0, 0.05) is 17.9 Å². The quantitative estimate of drug-likeness (QED) is 0.776. The molecule has 2 rings (SSSR count). The third-order valence-corrected chi connectivity index (χ3v) is 3.17. The van der Waals surface area contributed by atoms with E-state index in [0.29, 0.717) is 12.0 Å². The lowest BCUT2D eigenvalue weighted by Crippen LogP contribution is -2.34. The van der Waals surface area contributed by atoms with E-state index in [-0.39, 0.29) is 0 Å². The highest BCUT2D eigenvalue weighted by Crippen LogP contribution is 2.25. The Balaban J connectivity index is 1.96. The van der Waals surface area contributed by atoms with Crippen molar-refractivity contribution >= 4 is 0 Å². The molecule has 0 saturated heterocycles. The van der Waals surface area contributed by atoms with E-state index in [2.05, 4.69) is 17.1 Å². The van der Waals surface area contributed by atoms with Crippen LogP contribution in [0.25, 0.3) is 0 Å². The fourth-order valence-electron chi connectivity index (χ4n) is 2.28. The van der Waals surface area contributed by atoms with Crippen molar-refractivity contribution in [2.75, 3.05) is 0 Å². The molecule has 2 unspecified atom stereocenters. The molecule has 1 heterocycles. The molecule has 1 aromatic rings. The Morgan fingerprint density at radius 2 is 2.14 bits per heavy atom. The van der Waals surface area contributed by atoms with E-state index in [9.17, 15) is 0 Å². The van der Waals surface area contributed by atoms with Gasteiger partial charge in [-0.2, -0.15) is 0 Å². The van der Waals surface area contributed by atoms with Crippen LogP contribution in [0.3, 0.4) is 0 Å². The Labute approximate surface area is 85.5 Å². The van der Waals surface area contributed by atoms with Gasteiger partial charge in [-0.3, -0.25) is 4.98 Å². The highest BCUT2D eigenvalue weighted by molar-refractivity contribution is 5.05. The van der Waals surface area contributed by atoms with Crippen molar-refractivity contribution in [1.29, 1.82) is 0 Å². The minimum absolute atomic E-state index is 0.394. The molecule has 1 aliphatic carbocycles. The molecule has 1 aliphatic rings. The van der Waals surface area contributed by atoms with Gasteiger partial charge in [-0.25, -0.2) is 0 Å². The van der Waals surface area contributed by atoms with E-state index in [1.807, 2.05) is 12.3 Å². The molecule has 0 aromatic carbocycles. The standard InChI is InChI=1S/C12H18N2/c13-12-7-2-1-5-10(12)9-11-6-3-4-8-14-11/h3-4,6,8,10,12H,1-2,5,7,9,13H2. The number of hydrogen-bond donors (Lipinski definition) is 1. The second kappa shape index (κ2) is 4.56. The summed E-state index contributed by atoms with van der Waals surface area (Å²) >= 11 is 0. The second-order valence-corrected chi connectivity index (χ2v) is 4.23. The lowest BCUT2D eigenvalue weighted by molar-refractivity contribution is 0.304. The normalized spacial score (nSPS) is 27.5. The van der Waals surface area contributed by atoms with Crippen LogP contribution in [0.5, 0.6) is 0 Å². The molecule has 76 valence electrons. The second-order valence-electron chi connectivity index (χ2n) is 4.23. The molecule has 1 fully saturated rings. The van der Waals surface area contributed by atoms with Gasteiger partial charge in [-0.05, 0) is 37.3 Å². The summed E-state index contributed by atoms with van der Waals surface area (Å²) in [5.41, 5.74) is 7.29. The average molecular weight is 190 g/mol. The summed E-state index contributed by atoms with van der Waals surface area (Å²) in [5.74, 6) is 0.652. The molecular formula is C12H18N2. The van der Waals surface area contributed by atoms with Gasteiger partial charge in [0.15, 0.2) is 0 Å². The van der Waals surface area contributed by atoms with Gasteiger partial charge in [0.05, 0.1) is 0 Å². The first-order chi connectivity index (χ1) is 6.86. The first kappa shape index (κ1) is 9.66. The van der Waals surface area contributed by atoms with E-state index < -0.39 is 0 Å². The third-order valence-electron chi connectivity index (χ3n) is 3.17. The minimum atomic E-state index is 0.394. The van der Waals surface area contributed by atoms with Crippen molar-refractivity contribution in [3.05, 3.63) is 30.1 Å². The number of pyridine rings is 1. The fraction of sp³-hybridized carbons (Fsp3) is 0.583. The number of aromatic nitrogens is 1. The zero-order valence-corrected chi connectivity index (χ0v) is 8.52. The maximum absolute atomic E-state index is 6.10. The number of rotatable bonds is 2. The maximum Gasteiger partial charge on any atom is 0.0406 e. The molecule has 1 aromatic heterocycles. The summed E-state index contributed by atoms with van der Waals surface area (Å²) in [6.45, 7) is 0. The smallest absolute Gasteiger partial charge is 0.0406 e. The van der Waals surface area contributed by atoms with Crippen molar-refractivity contribution in [3.63, 3.8) is 0 Å². The predicted molar refractivity (Wildman–Crippen MR) is 57.9 cm³/mol. The van der Waals surface area contributed by atoms with Crippen LogP contribution in [-0.2, 0) is 6.42 Å². The summed E-state index contributed by atoms with van der Waals surface area (Å²) in [6.07, 6.45) is 8.03. The van der Waals surface area contributed by atoms with Crippen molar-refractivity contribution in [2.24, 2.45) is 11.7 Å². The lowest BCUT2D eigenvalue weighted by atomic mass is 9.82. The van der Waals surface area contributed by atoms with E-state index in [1.165, 1.54) is 31.4 Å². The van der Waals surface area contributed by atoms with E-state index in [0.717, 1.165) is 6.42 Å². The van der Waals surface area contributed by atoms with Crippen LogP contribution in [0.2, 0.25) is 0 Å². The summed E-state index contributed by atoms with van der Waals surface area (Å²) in [6, 6.07) is 6.51. The molecule has 2 heteroatoms. The zero-order chi connectivity index (χ0) is 9.80. The van der Waals surface area contributed by atoms with Crippen molar-refractivity contribution < 1.29 is 0 Å². The fourth-order valence-corrected chi connectivity index (χ4v) is 2.28. The molecule has 1 saturated carbocycles. The molecule has 2 N–H and O–H groups in total. The summed E-state index contributed by atoms with van der Waals surface area (Å²) in [4.78, 5) is 4.35. The van der Waals surface area contributed by atoms with E-state index >= 15 is 0 Å². The molecule has 14 heavy (non-hydrogen) atoms. The van der Waals surface area contributed by atoms with Gasteiger partial charge in [-0.1, -0.05) is 18.9 Å². The van der Waals surface area contributed by atoms with Gasteiger partial charge in [0.2, 0.25) is 0 Å². The van der Waals surface area contributed by atoms with Crippen LogP contribution in [0.4, 0.5) is 0 Å². The van der Waals surface area contributed by atoms with Crippen LogP contribution in [-0.4, -0.2) is 11.0 Å². The van der Waals surface area contributed by atoms with Crippen LogP contribution in [0.15, 0.2) is 24.4 Å². The monoisotopic (exact) mass is 190 g/mol. The summed E-state index contributed by atoms with van der Waals surface area (Å²) < 4.78 is 0. The average Bonchev–Trinajstić information content (AvgIpc) is 2.23. The van der Waals surface area contributed by atoms with Crippen molar-refractivity contribution in [3.8, 4) is 0 Å². The van der Waals surface area contributed by atoms with Crippen LogP contribution in [0, 0.1) is 5.92 Å². The third kappa shape index (κ3) is 2.32. The SMILES string of the molecule is NC1CCCCC1Cc1ccccn1. The molecule has 0 spiro atoms. The first-order valence-electron chi connectivity index (χ1n) is 5.52. The molecular weight excluding hydrogens is 172 g/mol. The Morgan fingerprint density at radius 1 is 1.29 bits per heavy atom. The molecule has 2 atom stereocenters. The Hall–Kier alpha value is -0.890.